The second-order valence-corrected chi connectivity index (χ2v) is 4.48. The van der Waals surface area contributed by atoms with Gasteiger partial charge < -0.3 is 4.74 Å². The maximum absolute atomic E-state index is 12.2. The summed E-state index contributed by atoms with van der Waals surface area (Å²) in [6.45, 7) is 0.0679. The van der Waals surface area contributed by atoms with Crippen molar-refractivity contribution in [3.8, 4) is 5.69 Å². The molecule has 0 aliphatic carbocycles. The summed E-state index contributed by atoms with van der Waals surface area (Å²) in [7, 11) is 1.47. The van der Waals surface area contributed by atoms with Crippen LogP contribution in [0.4, 0.5) is 5.69 Å². The summed E-state index contributed by atoms with van der Waals surface area (Å²) >= 11 is 0. The average molecular weight is 301 g/mol. The molecule has 0 atom stereocenters. The van der Waals surface area contributed by atoms with Crippen LogP contribution in [0.3, 0.4) is 0 Å². The molecule has 9 nitrogen and oxygen atoms in total. The molecule has 1 aromatic carbocycles. The number of nitro groups is 1. The van der Waals surface area contributed by atoms with Gasteiger partial charge in [0.25, 0.3) is 11.2 Å². The van der Waals surface area contributed by atoms with E-state index in [9.17, 15) is 14.9 Å². The van der Waals surface area contributed by atoms with Crippen LogP contribution in [0, 0.1) is 10.1 Å². The Labute approximate surface area is 123 Å². The maximum Gasteiger partial charge on any atom is 0.294 e. The van der Waals surface area contributed by atoms with Crippen LogP contribution in [0.5, 0.6) is 0 Å². The second-order valence-electron chi connectivity index (χ2n) is 4.48. The van der Waals surface area contributed by atoms with E-state index in [1.54, 1.807) is 18.2 Å². The van der Waals surface area contributed by atoms with Gasteiger partial charge in [-0.15, -0.1) is 0 Å². The van der Waals surface area contributed by atoms with Crippen molar-refractivity contribution in [3.63, 3.8) is 0 Å². The average Bonchev–Trinajstić information content (AvgIpc) is 2.95. The van der Waals surface area contributed by atoms with Crippen LogP contribution < -0.4 is 5.56 Å². The van der Waals surface area contributed by atoms with Gasteiger partial charge in [0.2, 0.25) is 0 Å². The Balaban J connectivity index is 2.24. The monoisotopic (exact) mass is 301 g/mol. The van der Waals surface area contributed by atoms with Crippen molar-refractivity contribution in [3.05, 3.63) is 57.3 Å². The Kier molecular flexibility index (Phi) is 3.39. The molecule has 2 aromatic heterocycles. The van der Waals surface area contributed by atoms with E-state index in [1.807, 2.05) is 0 Å². The Morgan fingerprint density at radius 3 is 2.86 bits per heavy atom. The molecule has 0 N–H and O–H groups in total. The maximum atomic E-state index is 12.2. The van der Waals surface area contributed by atoms with Gasteiger partial charge in [0.15, 0.2) is 5.65 Å². The van der Waals surface area contributed by atoms with E-state index in [0.717, 1.165) is 0 Å². The molecule has 112 valence electrons. The lowest BCUT2D eigenvalue weighted by molar-refractivity contribution is -0.384. The lowest BCUT2D eigenvalue weighted by Crippen LogP contribution is -2.21. The van der Waals surface area contributed by atoms with E-state index >= 15 is 0 Å². The van der Waals surface area contributed by atoms with E-state index in [2.05, 4.69) is 10.1 Å². The summed E-state index contributed by atoms with van der Waals surface area (Å²) < 4.78 is 7.48. The number of hydrogen-bond donors (Lipinski definition) is 0. The van der Waals surface area contributed by atoms with Gasteiger partial charge in [-0.1, -0.05) is 12.1 Å². The van der Waals surface area contributed by atoms with Gasteiger partial charge in [0.05, 0.1) is 11.1 Å². The van der Waals surface area contributed by atoms with Crippen LogP contribution in [0.2, 0.25) is 0 Å². The molecule has 0 aliphatic heterocycles. The molecule has 0 amide bonds. The second kappa shape index (κ2) is 5.37. The van der Waals surface area contributed by atoms with Crippen LogP contribution >= 0.6 is 0 Å². The highest BCUT2D eigenvalue weighted by Crippen LogP contribution is 2.23. The highest BCUT2D eigenvalue weighted by Gasteiger charge is 2.18. The van der Waals surface area contributed by atoms with Crippen LogP contribution in [-0.4, -0.2) is 31.4 Å². The zero-order valence-electron chi connectivity index (χ0n) is 11.5. The molecule has 9 heteroatoms. The lowest BCUT2D eigenvalue weighted by atomic mass is 10.2. The summed E-state index contributed by atoms with van der Waals surface area (Å²) in [4.78, 5) is 27.0. The summed E-state index contributed by atoms with van der Waals surface area (Å²) in [5, 5.41) is 15.4. The lowest BCUT2D eigenvalue weighted by Gasteiger charge is -2.05. The predicted octanol–water partition coefficient (Wildman–Crippen LogP) is 1.09. The molecule has 2 heterocycles. The molecule has 0 saturated heterocycles. The van der Waals surface area contributed by atoms with Crippen molar-refractivity contribution in [2.45, 2.75) is 6.73 Å². The number of ether oxygens (including phenoxy) is 1. The number of benzene rings is 1. The SMILES string of the molecule is COCn1cnc2c(cnn2-c2ccccc2[N+](=O)[O-])c1=O. The van der Waals surface area contributed by atoms with Crippen molar-refractivity contribution >= 4 is 16.7 Å². The Morgan fingerprint density at radius 2 is 2.14 bits per heavy atom. The minimum Gasteiger partial charge on any atom is -0.364 e. The van der Waals surface area contributed by atoms with Gasteiger partial charge in [0, 0.05) is 13.2 Å². The first-order valence-corrected chi connectivity index (χ1v) is 6.29. The molecule has 0 spiro atoms. The minimum absolute atomic E-state index is 0.0679. The molecule has 0 saturated carbocycles. The fourth-order valence-electron chi connectivity index (χ4n) is 2.15. The smallest absolute Gasteiger partial charge is 0.294 e. The zero-order chi connectivity index (χ0) is 15.7. The molecular weight excluding hydrogens is 290 g/mol. The molecule has 3 aromatic rings. The number of fused-ring (bicyclic) bond motifs is 1. The number of methoxy groups -OCH3 is 1. The molecule has 3 rings (SSSR count). The first-order chi connectivity index (χ1) is 10.6. The first-order valence-electron chi connectivity index (χ1n) is 6.29. The zero-order valence-corrected chi connectivity index (χ0v) is 11.5. The largest absolute Gasteiger partial charge is 0.364 e. The van der Waals surface area contributed by atoms with Crippen molar-refractivity contribution in [2.24, 2.45) is 0 Å². The third-order valence-electron chi connectivity index (χ3n) is 3.13. The van der Waals surface area contributed by atoms with E-state index in [-0.39, 0.29) is 34.7 Å². The van der Waals surface area contributed by atoms with Crippen LogP contribution in [0.1, 0.15) is 0 Å². The van der Waals surface area contributed by atoms with Gasteiger partial charge in [-0.05, 0) is 6.07 Å². The number of hydrogen-bond acceptors (Lipinski definition) is 6. The van der Waals surface area contributed by atoms with E-state index < -0.39 is 4.92 Å². The molecule has 0 bridgehead atoms. The minimum atomic E-state index is -0.505. The van der Waals surface area contributed by atoms with Gasteiger partial charge >= 0.3 is 0 Å². The first kappa shape index (κ1) is 13.9. The highest BCUT2D eigenvalue weighted by molar-refractivity contribution is 5.76. The quantitative estimate of drug-likeness (QED) is 0.527. The van der Waals surface area contributed by atoms with Gasteiger partial charge in [-0.2, -0.15) is 5.10 Å². The van der Waals surface area contributed by atoms with Crippen LogP contribution in [0.25, 0.3) is 16.7 Å². The number of para-hydroxylation sites is 2. The normalized spacial score (nSPS) is 11.0. The molecule has 0 unspecified atom stereocenters. The van der Waals surface area contributed by atoms with E-state index in [0.29, 0.717) is 0 Å². The summed E-state index contributed by atoms with van der Waals surface area (Å²) in [5.41, 5.74) is 0.0672. The van der Waals surface area contributed by atoms with Crippen LogP contribution in [-0.2, 0) is 11.5 Å². The fourth-order valence-corrected chi connectivity index (χ4v) is 2.15. The third kappa shape index (κ3) is 2.13. The molecule has 0 fully saturated rings. The molecule has 0 aliphatic rings. The number of rotatable bonds is 4. The Bertz CT molecular complexity index is 914. The molecular formula is C13H11N5O4. The van der Waals surface area contributed by atoms with Crippen molar-refractivity contribution in [1.82, 2.24) is 19.3 Å². The highest BCUT2D eigenvalue weighted by atomic mass is 16.6. The summed E-state index contributed by atoms with van der Waals surface area (Å²) in [5.74, 6) is 0. The van der Waals surface area contributed by atoms with Crippen molar-refractivity contribution in [2.75, 3.05) is 7.11 Å². The number of aromatic nitrogens is 4. The van der Waals surface area contributed by atoms with Gasteiger partial charge in [-0.25, -0.2) is 9.67 Å². The topological polar surface area (TPSA) is 105 Å². The van der Waals surface area contributed by atoms with E-state index in [1.165, 1.54) is 34.9 Å². The third-order valence-corrected chi connectivity index (χ3v) is 3.13. The van der Waals surface area contributed by atoms with E-state index in [4.69, 9.17) is 4.74 Å². The molecule has 22 heavy (non-hydrogen) atoms. The number of nitrogens with zero attached hydrogens (tertiary/aromatic N) is 5. The number of nitro benzene ring substituents is 1. The fraction of sp³-hybridized carbons (Fsp3) is 0.154. The standard InChI is InChI=1S/C13H11N5O4/c1-22-8-16-7-14-12-9(13(16)19)6-15-17(12)10-4-2-3-5-11(10)18(20)21/h2-7H,8H2,1H3. The van der Waals surface area contributed by atoms with Crippen molar-refractivity contribution in [1.29, 1.82) is 0 Å². The predicted molar refractivity (Wildman–Crippen MR) is 76.8 cm³/mol. The van der Waals surface area contributed by atoms with Crippen LogP contribution in [0.15, 0.2) is 41.6 Å². The van der Waals surface area contributed by atoms with Crippen molar-refractivity contribution < 1.29 is 9.66 Å². The van der Waals surface area contributed by atoms with Gasteiger partial charge in [0.1, 0.15) is 24.1 Å². The van der Waals surface area contributed by atoms with Gasteiger partial charge in [-0.3, -0.25) is 19.5 Å². The summed E-state index contributed by atoms with van der Waals surface area (Å²) in [6, 6.07) is 6.14. The summed E-state index contributed by atoms with van der Waals surface area (Å²) in [6.07, 6.45) is 2.66. The Morgan fingerprint density at radius 1 is 1.36 bits per heavy atom. The molecule has 0 radical (unpaired) electrons. The Hall–Kier alpha value is -3.07.